The van der Waals surface area contributed by atoms with E-state index >= 15 is 0 Å². The van der Waals surface area contributed by atoms with Crippen LogP contribution in [0.3, 0.4) is 0 Å². The smallest absolute Gasteiger partial charge is 0.246 e. The molecule has 2 aromatic rings. The van der Waals surface area contributed by atoms with Crippen molar-refractivity contribution in [2.45, 2.75) is 13.8 Å². The van der Waals surface area contributed by atoms with Crippen LogP contribution < -0.4 is 16.4 Å². The van der Waals surface area contributed by atoms with E-state index in [1.165, 1.54) is 5.56 Å². The van der Waals surface area contributed by atoms with Gasteiger partial charge in [-0.15, -0.1) is 0 Å². The molecule has 0 atom stereocenters. The molecule has 0 saturated carbocycles. The van der Waals surface area contributed by atoms with Gasteiger partial charge in [-0.05, 0) is 49.2 Å². The third-order valence-electron chi connectivity index (χ3n) is 3.12. The lowest BCUT2D eigenvalue weighted by atomic mass is 10.1. The van der Waals surface area contributed by atoms with Crippen molar-refractivity contribution in [2.75, 3.05) is 17.2 Å². The van der Waals surface area contributed by atoms with E-state index in [4.69, 9.17) is 5.73 Å². The monoisotopic (exact) mass is 297 g/mol. The van der Waals surface area contributed by atoms with Gasteiger partial charge >= 0.3 is 0 Å². The number of nitrogens with one attached hydrogen (secondary N) is 2. The number of pyridine rings is 1. The van der Waals surface area contributed by atoms with Crippen molar-refractivity contribution >= 4 is 23.2 Å². The second-order valence-corrected chi connectivity index (χ2v) is 4.92. The maximum Gasteiger partial charge on any atom is 0.246 e. The topological polar surface area (TPSA) is 92.4 Å². The average molecular weight is 297 g/mol. The van der Waals surface area contributed by atoms with E-state index in [-0.39, 0.29) is 18.4 Å². The lowest BCUT2D eigenvalue weighted by Gasteiger charge is -2.08. The Morgan fingerprint density at radius 2 is 2.00 bits per heavy atom. The molecule has 4 N–H and O–H groups in total. The molecule has 1 aromatic carbocycles. The Bertz CT molecular complexity index is 682. The van der Waals surface area contributed by atoms with Gasteiger partial charge in [-0.25, -0.2) is 4.99 Å². The number of carbonyl (C=O) groups excluding carboxylic acids is 1. The van der Waals surface area contributed by atoms with Crippen molar-refractivity contribution in [1.29, 1.82) is 0 Å². The number of aliphatic imine (C=N–C) groups is 1. The molecule has 22 heavy (non-hydrogen) atoms. The molecule has 0 aliphatic heterocycles. The van der Waals surface area contributed by atoms with Gasteiger partial charge in [0.2, 0.25) is 5.91 Å². The van der Waals surface area contributed by atoms with Gasteiger partial charge in [0.15, 0.2) is 5.96 Å². The Balaban J connectivity index is 1.89. The van der Waals surface area contributed by atoms with Crippen molar-refractivity contribution in [1.82, 2.24) is 4.98 Å². The van der Waals surface area contributed by atoms with Crippen LogP contribution in [0.25, 0.3) is 0 Å². The van der Waals surface area contributed by atoms with Gasteiger partial charge in [-0.2, -0.15) is 0 Å². The van der Waals surface area contributed by atoms with Crippen LogP contribution in [0.1, 0.15) is 11.1 Å². The van der Waals surface area contributed by atoms with Gasteiger partial charge in [-0.3, -0.25) is 9.78 Å². The minimum Gasteiger partial charge on any atom is -0.370 e. The van der Waals surface area contributed by atoms with Crippen LogP contribution in [0, 0.1) is 13.8 Å². The highest BCUT2D eigenvalue weighted by atomic mass is 16.1. The first-order valence-electron chi connectivity index (χ1n) is 6.88. The van der Waals surface area contributed by atoms with E-state index in [0.29, 0.717) is 5.69 Å². The molecule has 0 spiro atoms. The maximum absolute atomic E-state index is 11.7. The molecule has 0 aliphatic carbocycles. The van der Waals surface area contributed by atoms with E-state index in [9.17, 15) is 4.79 Å². The number of carbonyl (C=O) groups is 1. The summed E-state index contributed by atoms with van der Waals surface area (Å²) in [5, 5.41) is 5.65. The summed E-state index contributed by atoms with van der Waals surface area (Å²) in [6.45, 7) is 4.01. The molecule has 0 bridgehead atoms. The molecular formula is C16H19N5O. The first kappa shape index (κ1) is 15.5. The average Bonchev–Trinajstić information content (AvgIpc) is 2.50. The van der Waals surface area contributed by atoms with Crippen LogP contribution >= 0.6 is 0 Å². The zero-order chi connectivity index (χ0) is 15.9. The van der Waals surface area contributed by atoms with Crippen LogP contribution in [0.15, 0.2) is 47.7 Å². The number of guanidine groups is 1. The predicted octanol–water partition coefficient (Wildman–Crippen LogP) is 2.06. The number of aromatic nitrogens is 1. The van der Waals surface area contributed by atoms with Gasteiger partial charge in [0.25, 0.3) is 0 Å². The maximum atomic E-state index is 11.7. The Morgan fingerprint density at radius 1 is 1.18 bits per heavy atom. The second kappa shape index (κ2) is 7.21. The number of nitrogens with two attached hydrogens (primary N) is 1. The molecule has 0 fully saturated rings. The normalized spacial score (nSPS) is 11.1. The standard InChI is InChI=1S/C16H19N5O/c1-11-5-6-13(8-12(11)2)21-16(17)19-10-15(22)20-14-4-3-7-18-9-14/h3-9H,10H2,1-2H3,(H,20,22)(H3,17,19,21). The van der Waals surface area contributed by atoms with Crippen molar-refractivity contribution in [3.8, 4) is 0 Å². The van der Waals surface area contributed by atoms with Gasteiger partial charge in [-0.1, -0.05) is 6.07 Å². The lowest BCUT2D eigenvalue weighted by molar-refractivity contribution is -0.114. The quantitative estimate of drug-likeness (QED) is 0.595. The van der Waals surface area contributed by atoms with E-state index in [1.807, 2.05) is 32.0 Å². The number of aryl methyl sites for hydroxylation is 2. The number of hydrogen-bond donors (Lipinski definition) is 3. The Morgan fingerprint density at radius 3 is 2.68 bits per heavy atom. The molecule has 6 nitrogen and oxygen atoms in total. The SMILES string of the molecule is Cc1ccc(NC(N)=NCC(=O)Nc2cccnc2)cc1C. The fourth-order valence-corrected chi connectivity index (χ4v) is 1.80. The van der Waals surface area contributed by atoms with E-state index in [0.717, 1.165) is 11.3 Å². The summed E-state index contributed by atoms with van der Waals surface area (Å²) in [5.41, 5.74) is 9.62. The van der Waals surface area contributed by atoms with E-state index in [1.54, 1.807) is 24.5 Å². The van der Waals surface area contributed by atoms with Crippen molar-refractivity contribution in [3.05, 3.63) is 53.9 Å². The van der Waals surface area contributed by atoms with Crippen LogP contribution in [0.4, 0.5) is 11.4 Å². The number of hydrogen-bond acceptors (Lipinski definition) is 3. The third kappa shape index (κ3) is 4.59. The molecule has 2 rings (SSSR count). The molecule has 6 heteroatoms. The first-order chi connectivity index (χ1) is 10.5. The lowest BCUT2D eigenvalue weighted by Crippen LogP contribution is -2.25. The van der Waals surface area contributed by atoms with Crippen molar-refractivity contribution in [2.24, 2.45) is 10.7 Å². The van der Waals surface area contributed by atoms with Crippen molar-refractivity contribution in [3.63, 3.8) is 0 Å². The molecule has 0 saturated heterocycles. The van der Waals surface area contributed by atoms with Crippen LogP contribution in [-0.2, 0) is 4.79 Å². The molecule has 1 aromatic heterocycles. The zero-order valence-corrected chi connectivity index (χ0v) is 12.6. The Kier molecular flexibility index (Phi) is 5.08. The summed E-state index contributed by atoms with van der Waals surface area (Å²) in [6.07, 6.45) is 3.21. The summed E-state index contributed by atoms with van der Waals surface area (Å²) in [4.78, 5) is 19.7. The van der Waals surface area contributed by atoms with Crippen molar-refractivity contribution < 1.29 is 4.79 Å². The van der Waals surface area contributed by atoms with Gasteiger partial charge < -0.3 is 16.4 Å². The molecule has 114 valence electrons. The molecule has 1 heterocycles. The second-order valence-electron chi connectivity index (χ2n) is 4.92. The van der Waals surface area contributed by atoms with Gasteiger partial charge in [0.05, 0.1) is 11.9 Å². The summed E-state index contributed by atoms with van der Waals surface area (Å²) < 4.78 is 0. The van der Waals surface area contributed by atoms with E-state index in [2.05, 4.69) is 20.6 Å². The van der Waals surface area contributed by atoms with Gasteiger partial charge in [0, 0.05) is 11.9 Å². The first-order valence-corrected chi connectivity index (χ1v) is 6.88. The third-order valence-corrected chi connectivity index (χ3v) is 3.12. The molecular weight excluding hydrogens is 278 g/mol. The minimum atomic E-state index is -0.252. The number of amides is 1. The highest BCUT2D eigenvalue weighted by Crippen LogP contribution is 2.13. The highest BCUT2D eigenvalue weighted by molar-refractivity contribution is 5.97. The molecule has 1 amide bonds. The van der Waals surface area contributed by atoms with Crippen LogP contribution in [0.5, 0.6) is 0 Å². The van der Waals surface area contributed by atoms with Crippen LogP contribution in [0.2, 0.25) is 0 Å². The summed E-state index contributed by atoms with van der Waals surface area (Å²) in [6, 6.07) is 9.40. The summed E-state index contributed by atoms with van der Waals surface area (Å²) >= 11 is 0. The Hall–Kier alpha value is -2.89. The number of anilines is 2. The van der Waals surface area contributed by atoms with Crippen LogP contribution in [-0.4, -0.2) is 23.4 Å². The van der Waals surface area contributed by atoms with Gasteiger partial charge in [0.1, 0.15) is 6.54 Å². The largest absolute Gasteiger partial charge is 0.370 e. The van der Waals surface area contributed by atoms with E-state index < -0.39 is 0 Å². The molecule has 0 unspecified atom stereocenters. The fraction of sp³-hybridized carbons (Fsp3) is 0.188. The number of nitrogens with zero attached hydrogens (tertiary/aromatic N) is 2. The predicted molar refractivity (Wildman–Crippen MR) is 88.9 cm³/mol. The molecule has 0 aliphatic rings. The number of rotatable bonds is 4. The minimum absolute atomic E-state index is 0.0570. The zero-order valence-electron chi connectivity index (χ0n) is 12.6. The molecule has 0 radical (unpaired) electrons. The number of benzene rings is 1. The summed E-state index contributed by atoms with van der Waals surface area (Å²) in [5.74, 6) is -0.0533. The Labute approximate surface area is 129 Å². The highest BCUT2D eigenvalue weighted by Gasteiger charge is 2.02. The fourth-order valence-electron chi connectivity index (χ4n) is 1.80. The summed E-state index contributed by atoms with van der Waals surface area (Å²) in [7, 11) is 0.